The fraction of sp³-hybridized carbons (Fsp3) is 0. The fourth-order valence-electron chi connectivity index (χ4n) is 9.28. The van der Waals surface area contributed by atoms with Crippen molar-refractivity contribution in [3.63, 3.8) is 0 Å². The van der Waals surface area contributed by atoms with E-state index >= 15 is 0 Å². The molecule has 0 N–H and O–H groups in total. The van der Waals surface area contributed by atoms with Gasteiger partial charge in [-0.2, -0.15) is 0 Å². The zero-order chi connectivity index (χ0) is 39.6. The third-order valence-electron chi connectivity index (χ3n) is 12.2. The van der Waals surface area contributed by atoms with Gasteiger partial charge in [-0.3, -0.25) is 4.98 Å². The van der Waals surface area contributed by atoms with Crippen molar-refractivity contribution in [2.24, 2.45) is 0 Å². The minimum Gasteiger partial charge on any atom is -0.310 e. The van der Waals surface area contributed by atoms with E-state index in [1.807, 2.05) is 6.20 Å². The quantitative estimate of drug-likeness (QED) is 0.151. The molecule has 3 nitrogen and oxygen atoms in total. The van der Waals surface area contributed by atoms with Crippen molar-refractivity contribution < 1.29 is 0 Å². The fourth-order valence-corrected chi connectivity index (χ4v) is 9.28. The van der Waals surface area contributed by atoms with Gasteiger partial charge >= 0.3 is 0 Å². The Bertz CT molecular complexity index is 3480. The first kappa shape index (κ1) is 34.1. The van der Waals surface area contributed by atoms with E-state index in [-0.39, 0.29) is 0 Å². The lowest BCUT2D eigenvalue weighted by Gasteiger charge is -2.28. The minimum atomic E-state index is 0.941. The summed E-state index contributed by atoms with van der Waals surface area (Å²) < 4.78 is 0. The van der Waals surface area contributed by atoms with Crippen molar-refractivity contribution in [2.45, 2.75) is 0 Å². The molecule has 60 heavy (non-hydrogen) atoms. The summed E-state index contributed by atoms with van der Waals surface area (Å²) in [6.07, 6.45) is 2.02. The van der Waals surface area contributed by atoms with E-state index in [0.717, 1.165) is 45.4 Å². The number of pyridine rings is 1. The second-order valence-electron chi connectivity index (χ2n) is 15.6. The van der Waals surface area contributed by atoms with Crippen LogP contribution in [0.5, 0.6) is 0 Å². The molecule has 1 heterocycles. The highest BCUT2D eigenvalue weighted by Gasteiger charge is 2.21. The Morgan fingerprint density at radius 1 is 0.283 bits per heavy atom. The van der Waals surface area contributed by atoms with Crippen molar-refractivity contribution in [2.75, 3.05) is 9.80 Å². The molecule has 0 spiro atoms. The van der Waals surface area contributed by atoms with Crippen LogP contribution >= 0.6 is 0 Å². The maximum absolute atomic E-state index is 5.23. The summed E-state index contributed by atoms with van der Waals surface area (Å²) in [5.74, 6) is 0. The molecule has 0 aliphatic heterocycles. The lowest BCUT2D eigenvalue weighted by atomic mass is 9.90. The van der Waals surface area contributed by atoms with Gasteiger partial charge in [0.2, 0.25) is 0 Å². The molecule has 12 rings (SSSR count). The molecular weight excluding hydrogens is 727 g/mol. The van der Waals surface area contributed by atoms with Crippen molar-refractivity contribution in [1.29, 1.82) is 0 Å². The van der Waals surface area contributed by atoms with Gasteiger partial charge < -0.3 is 9.80 Å². The molecule has 0 unspecified atom stereocenters. The van der Waals surface area contributed by atoms with Crippen LogP contribution in [0.3, 0.4) is 0 Å². The van der Waals surface area contributed by atoms with Gasteiger partial charge in [-0.15, -0.1) is 0 Å². The number of rotatable bonds is 7. The summed E-state index contributed by atoms with van der Waals surface area (Å²) >= 11 is 0. The molecule has 3 heteroatoms. The standard InChI is InChI=1S/C57H37N3/c1-2-16-46(17-3-1)60(49-27-20-40-12-6-9-15-45(40)36-49)55-33-24-42-22-30-52-51(29-21-41-23-31-53(55)57(42)56(41)52)54-32-28-50(37-58-54)59(47-25-18-38-10-4-7-13-43(38)34-47)48-26-19-39-11-5-8-14-44(39)35-48/h1-37H. The lowest BCUT2D eigenvalue weighted by Crippen LogP contribution is -2.10. The molecule has 0 aliphatic rings. The van der Waals surface area contributed by atoms with Crippen LogP contribution in [-0.2, 0) is 0 Å². The second-order valence-corrected chi connectivity index (χ2v) is 15.6. The molecule has 0 atom stereocenters. The molecule has 0 saturated heterocycles. The summed E-state index contributed by atoms with van der Waals surface area (Å²) in [5, 5.41) is 14.7. The summed E-state index contributed by atoms with van der Waals surface area (Å²) in [6, 6.07) is 79.1. The van der Waals surface area contributed by atoms with Gasteiger partial charge in [0, 0.05) is 33.7 Å². The molecule has 12 aromatic rings. The highest BCUT2D eigenvalue weighted by Crippen LogP contribution is 2.46. The van der Waals surface area contributed by atoms with Crippen LogP contribution in [0.2, 0.25) is 0 Å². The average Bonchev–Trinajstić information content (AvgIpc) is 3.32. The summed E-state index contributed by atoms with van der Waals surface area (Å²) in [5.41, 5.74) is 8.63. The molecule has 1 aromatic heterocycles. The Hall–Kier alpha value is -8.01. The largest absolute Gasteiger partial charge is 0.310 e. The lowest BCUT2D eigenvalue weighted by molar-refractivity contribution is 1.24. The van der Waals surface area contributed by atoms with Crippen molar-refractivity contribution in [1.82, 2.24) is 4.98 Å². The van der Waals surface area contributed by atoms with E-state index < -0.39 is 0 Å². The van der Waals surface area contributed by atoms with Gasteiger partial charge in [0.15, 0.2) is 0 Å². The predicted octanol–water partition coefficient (Wildman–Crippen LogP) is 16.0. The molecule has 0 radical (unpaired) electrons. The van der Waals surface area contributed by atoms with E-state index in [1.54, 1.807) is 0 Å². The topological polar surface area (TPSA) is 19.4 Å². The number of hydrogen-bond donors (Lipinski definition) is 0. The Balaban J connectivity index is 0.997. The van der Waals surface area contributed by atoms with Crippen LogP contribution in [0, 0.1) is 0 Å². The molecule has 11 aromatic carbocycles. The first-order valence-corrected chi connectivity index (χ1v) is 20.5. The number of anilines is 6. The molecule has 0 aliphatic carbocycles. The van der Waals surface area contributed by atoms with Gasteiger partial charge in [-0.1, -0.05) is 152 Å². The van der Waals surface area contributed by atoms with E-state index in [4.69, 9.17) is 4.98 Å². The number of hydrogen-bond acceptors (Lipinski definition) is 3. The molecule has 0 fully saturated rings. The van der Waals surface area contributed by atoms with E-state index in [9.17, 15) is 0 Å². The third kappa shape index (κ3) is 5.63. The van der Waals surface area contributed by atoms with Gasteiger partial charge in [-0.25, -0.2) is 0 Å². The molecule has 280 valence electrons. The monoisotopic (exact) mass is 763 g/mol. The van der Waals surface area contributed by atoms with Crippen molar-refractivity contribution in [3.8, 4) is 11.3 Å². The Morgan fingerprint density at radius 2 is 0.733 bits per heavy atom. The van der Waals surface area contributed by atoms with Crippen LogP contribution < -0.4 is 9.80 Å². The normalized spacial score (nSPS) is 11.7. The molecule has 0 bridgehead atoms. The zero-order valence-electron chi connectivity index (χ0n) is 32.7. The van der Waals surface area contributed by atoms with E-state index in [0.29, 0.717) is 0 Å². The van der Waals surface area contributed by atoms with Crippen LogP contribution in [0.4, 0.5) is 34.1 Å². The van der Waals surface area contributed by atoms with Gasteiger partial charge in [0.05, 0.1) is 23.3 Å². The molecule has 0 saturated carbocycles. The summed E-state index contributed by atoms with van der Waals surface area (Å²) in [4.78, 5) is 9.94. The number of benzene rings is 11. The summed E-state index contributed by atoms with van der Waals surface area (Å²) in [7, 11) is 0. The molecule has 0 amide bonds. The van der Waals surface area contributed by atoms with Crippen molar-refractivity contribution in [3.05, 3.63) is 225 Å². The van der Waals surface area contributed by atoms with E-state index in [2.05, 4.69) is 228 Å². The minimum absolute atomic E-state index is 0.941. The number of para-hydroxylation sites is 1. The number of fused-ring (bicyclic) bond motifs is 3. The number of nitrogens with zero attached hydrogens (tertiary/aromatic N) is 3. The Labute approximate surface area is 348 Å². The summed E-state index contributed by atoms with van der Waals surface area (Å²) in [6.45, 7) is 0. The zero-order valence-corrected chi connectivity index (χ0v) is 32.7. The molecular formula is C57H37N3. The second kappa shape index (κ2) is 13.8. The van der Waals surface area contributed by atoms with Crippen LogP contribution in [0.1, 0.15) is 0 Å². The SMILES string of the molecule is c1ccc(N(c2ccc3ccccc3c2)c2ccc3ccc4c(-c5ccc(N(c6ccc7ccccc7c6)c6ccc7ccccc7c6)cn5)ccc5ccc2c3c54)cc1. The number of aromatic nitrogens is 1. The van der Waals surface area contributed by atoms with Crippen molar-refractivity contribution >= 4 is 98.8 Å². The third-order valence-corrected chi connectivity index (χ3v) is 12.2. The first-order chi connectivity index (χ1) is 29.7. The van der Waals surface area contributed by atoms with Gasteiger partial charge in [-0.05, 0) is 126 Å². The van der Waals surface area contributed by atoms with Crippen LogP contribution in [0.25, 0.3) is 75.9 Å². The van der Waals surface area contributed by atoms with E-state index in [1.165, 1.54) is 64.6 Å². The Morgan fingerprint density at radius 3 is 1.30 bits per heavy atom. The maximum atomic E-state index is 5.23. The van der Waals surface area contributed by atoms with Crippen LogP contribution in [-0.4, -0.2) is 4.98 Å². The Kier molecular flexibility index (Phi) is 7.85. The smallest absolute Gasteiger partial charge is 0.0709 e. The predicted molar refractivity (Wildman–Crippen MR) is 255 cm³/mol. The van der Waals surface area contributed by atoms with Crippen LogP contribution in [0.15, 0.2) is 225 Å². The maximum Gasteiger partial charge on any atom is 0.0709 e. The highest BCUT2D eigenvalue weighted by atomic mass is 15.2. The van der Waals surface area contributed by atoms with Gasteiger partial charge in [0.1, 0.15) is 0 Å². The average molecular weight is 764 g/mol. The first-order valence-electron chi connectivity index (χ1n) is 20.5. The van der Waals surface area contributed by atoms with Gasteiger partial charge in [0.25, 0.3) is 0 Å². The highest BCUT2D eigenvalue weighted by molar-refractivity contribution is 6.27.